The molecular weight excluding hydrogens is 445 g/mol. The molecule has 0 unspecified atom stereocenters. The van der Waals surface area contributed by atoms with E-state index in [9.17, 15) is 18.0 Å². The molecule has 0 spiro atoms. The minimum atomic E-state index is -4.81. The number of halogens is 3. The summed E-state index contributed by atoms with van der Waals surface area (Å²) in [7, 11) is 0. The number of carbonyl (C=O) groups is 1. The number of anilines is 1. The molecule has 1 aliphatic rings. The summed E-state index contributed by atoms with van der Waals surface area (Å²) in [4.78, 5) is 12.1. The van der Waals surface area contributed by atoms with E-state index < -0.39 is 18.2 Å². The maximum absolute atomic E-state index is 12.3. The van der Waals surface area contributed by atoms with E-state index in [1.165, 1.54) is 12.1 Å². The number of nitrogen functional groups attached to an aromatic ring is 1. The molecule has 3 aromatic carbocycles. The summed E-state index contributed by atoms with van der Waals surface area (Å²) in [5.74, 6) is 5.13. The van der Waals surface area contributed by atoms with Crippen LogP contribution in [0.1, 0.15) is 29.0 Å². The smallest absolute Gasteiger partial charge is 0.449 e. The minimum Gasteiger partial charge on any atom is -0.449 e. The molecule has 3 N–H and O–H groups in total. The van der Waals surface area contributed by atoms with Crippen molar-refractivity contribution in [3.63, 3.8) is 0 Å². The molecule has 0 heterocycles. The number of nitrogens with two attached hydrogens (primary N) is 1. The molecule has 0 radical (unpaired) electrons. The molecule has 3 aromatic rings. The predicted molar refractivity (Wildman–Crippen MR) is 122 cm³/mol. The summed E-state index contributed by atoms with van der Waals surface area (Å²) in [6.07, 6.45) is -5.03. The zero-order valence-corrected chi connectivity index (χ0v) is 18.0. The standard InChI is InChI=1S/C26H21F3N2O3/c27-26(28,29)34-24-13-12-17(15-23(24)30)7-5-6-14-31-25(32)33-16-22-20-10-3-1-8-18(20)19-9-2-4-11-21(19)22/h1-4,8-13,15,22H,6,14,16,30H2,(H,31,32). The summed E-state index contributed by atoms with van der Waals surface area (Å²) in [5, 5.41) is 2.65. The van der Waals surface area contributed by atoms with Gasteiger partial charge in [0.2, 0.25) is 0 Å². The van der Waals surface area contributed by atoms with Crippen LogP contribution in [0.5, 0.6) is 5.75 Å². The van der Waals surface area contributed by atoms with E-state index in [0.29, 0.717) is 12.0 Å². The Hall–Kier alpha value is -4.12. The highest BCUT2D eigenvalue weighted by atomic mass is 19.4. The number of hydrogen-bond donors (Lipinski definition) is 2. The highest BCUT2D eigenvalue weighted by Gasteiger charge is 2.32. The molecule has 0 aromatic heterocycles. The van der Waals surface area contributed by atoms with E-state index in [1.807, 2.05) is 36.4 Å². The quantitative estimate of drug-likeness (QED) is 0.298. The summed E-state index contributed by atoms with van der Waals surface area (Å²) in [5.41, 5.74) is 10.4. The molecular formula is C26H21F3N2O3. The molecule has 0 fully saturated rings. The monoisotopic (exact) mass is 466 g/mol. The lowest BCUT2D eigenvalue weighted by Crippen LogP contribution is -2.26. The lowest BCUT2D eigenvalue weighted by Gasteiger charge is -2.14. The Morgan fingerprint density at radius 2 is 1.65 bits per heavy atom. The Kier molecular flexibility index (Phi) is 6.64. The zero-order chi connectivity index (χ0) is 24.1. The summed E-state index contributed by atoms with van der Waals surface area (Å²) in [6.45, 7) is 0.478. The number of ether oxygens (including phenoxy) is 2. The van der Waals surface area contributed by atoms with Crippen molar-refractivity contribution >= 4 is 11.8 Å². The Bertz CT molecular complexity index is 1220. The summed E-state index contributed by atoms with van der Waals surface area (Å²) >= 11 is 0. The Morgan fingerprint density at radius 3 is 2.26 bits per heavy atom. The number of benzene rings is 3. The topological polar surface area (TPSA) is 73.6 Å². The van der Waals surface area contributed by atoms with Crippen LogP contribution in [0.4, 0.5) is 23.7 Å². The average Bonchev–Trinajstić information content (AvgIpc) is 3.12. The molecule has 0 atom stereocenters. The third-order valence-corrected chi connectivity index (χ3v) is 5.33. The molecule has 174 valence electrons. The lowest BCUT2D eigenvalue weighted by molar-refractivity contribution is -0.274. The van der Waals surface area contributed by atoms with E-state index in [2.05, 4.69) is 34.0 Å². The average molecular weight is 466 g/mol. The molecule has 1 amide bonds. The molecule has 34 heavy (non-hydrogen) atoms. The number of fused-ring (bicyclic) bond motifs is 3. The van der Waals surface area contributed by atoms with Gasteiger partial charge in [0.05, 0.1) is 5.69 Å². The van der Waals surface area contributed by atoms with E-state index in [4.69, 9.17) is 10.5 Å². The fourth-order valence-corrected chi connectivity index (χ4v) is 3.88. The molecule has 1 aliphatic carbocycles. The van der Waals surface area contributed by atoms with Crippen LogP contribution >= 0.6 is 0 Å². The first-order valence-corrected chi connectivity index (χ1v) is 10.5. The number of carbonyl (C=O) groups excluding carboxylic acids is 1. The maximum atomic E-state index is 12.3. The SMILES string of the molecule is Nc1cc(C#CCCNC(=O)OCC2c3ccccc3-c3ccccc32)ccc1OC(F)(F)F. The molecule has 0 saturated carbocycles. The van der Waals surface area contributed by atoms with Crippen molar-refractivity contribution < 1.29 is 27.4 Å². The van der Waals surface area contributed by atoms with Crippen LogP contribution in [0, 0.1) is 11.8 Å². The van der Waals surface area contributed by atoms with E-state index in [0.717, 1.165) is 28.3 Å². The highest BCUT2D eigenvalue weighted by Crippen LogP contribution is 2.44. The number of rotatable bonds is 5. The molecule has 0 bridgehead atoms. The van der Waals surface area contributed by atoms with Gasteiger partial charge in [0.15, 0.2) is 5.75 Å². The van der Waals surface area contributed by atoms with Gasteiger partial charge in [-0.25, -0.2) is 4.79 Å². The van der Waals surface area contributed by atoms with Gasteiger partial charge in [0.1, 0.15) is 6.61 Å². The Labute approximate surface area is 194 Å². The fraction of sp³-hybridized carbons (Fsp3) is 0.192. The molecule has 5 nitrogen and oxygen atoms in total. The second-order valence-corrected chi connectivity index (χ2v) is 7.60. The van der Waals surface area contributed by atoms with E-state index in [1.54, 1.807) is 0 Å². The van der Waals surface area contributed by atoms with Crippen molar-refractivity contribution in [2.75, 3.05) is 18.9 Å². The highest BCUT2D eigenvalue weighted by molar-refractivity contribution is 5.79. The lowest BCUT2D eigenvalue weighted by atomic mass is 9.98. The third kappa shape index (κ3) is 5.44. The fourth-order valence-electron chi connectivity index (χ4n) is 3.88. The van der Waals surface area contributed by atoms with Gasteiger partial charge in [0.25, 0.3) is 0 Å². The van der Waals surface area contributed by atoms with Gasteiger partial charge in [-0.3, -0.25) is 0 Å². The van der Waals surface area contributed by atoms with Crippen molar-refractivity contribution in [2.45, 2.75) is 18.7 Å². The minimum absolute atomic E-state index is 0.0207. The first-order valence-electron chi connectivity index (χ1n) is 10.5. The first-order chi connectivity index (χ1) is 16.3. The van der Waals surface area contributed by atoms with Crippen molar-refractivity contribution in [1.82, 2.24) is 5.32 Å². The molecule has 0 saturated heterocycles. The summed E-state index contributed by atoms with van der Waals surface area (Å²) in [6, 6.07) is 19.9. The van der Waals surface area contributed by atoms with E-state index in [-0.39, 0.29) is 24.8 Å². The van der Waals surface area contributed by atoms with Gasteiger partial charge < -0.3 is 20.5 Å². The number of alkyl carbamates (subject to hydrolysis) is 1. The van der Waals surface area contributed by atoms with Crippen LogP contribution in [-0.4, -0.2) is 25.6 Å². The third-order valence-electron chi connectivity index (χ3n) is 5.33. The molecule has 8 heteroatoms. The van der Waals surface area contributed by atoms with Gasteiger partial charge in [-0.2, -0.15) is 0 Å². The van der Waals surface area contributed by atoms with Crippen molar-refractivity contribution in [3.8, 4) is 28.7 Å². The first kappa shape index (κ1) is 23.1. The van der Waals surface area contributed by atoms with Crippen LogP contribution in [0.15, 0.2) is 66.7 Å². The number of nitrogens with one attached hydrogen (secondary N) is 1. The van der Waals surface area contributed by atoms with Crippen LogP contribution in [0.2, 0.25) is 0 Å². The van der Waals surface area contributed by atoms with Crippen LogP contribution in [0.25, 0.3) is 11.1 Å². The van der Waals surface area contributed by atoms with Gasteiger partial charge in [0, 0.05) is 24.4 Å². The Morgan fingerprint density at radius 1 is 1.00 bits per heavy atom. The normalized spacial score (nSPS) is 12.2. The number of alkyl halides is 3. The van der Waals surface area contributed by atoms with E-state index >= 15 is 0 Å². The van der Waals surface area contributed by atoms with Crippen molar-refractivity contribution in [3.05, 3.63) is 83.4 Å². The second kappa shape index (κ2) is 9.79. The van der Waals surface area contributed by atoms with Crippen molar-refractivity contribution in [1.29, 1.82) is 0 Å². The van der Waals surface area contributed by atoms with Gasteiger partial charge >= 0.3 is 12.5 Å². The molecule has 0 aliphatic heterocycles. The largest absolute Gasteiger partial charge is 0.573 e. The Balaban J connectivity index is 1.26. The predicted octanol–water partition coefficient (Wildman–Crippen LogP) is 5.45. The van der Waals surface area contributed by atoms with Crippen LogP contribution in [0.3, 0.4) is 0 Å². The number of hydrogen-bond acceptors (Lipinski definition) is 4. The number of amides is 1. The summed E-state index contributed by atoms with van der Waals surface area (Å²) < 4.78 is 46.2. The van der Waals surface area contributed by atoms with Crippen molar-refractivity contribution in [2.24, 2.45) is 0 Å². The maximum Gasteiger partial charge on any atom is 0.573 e. The second-order valence-electron chi connectivity index (χ2n) is 7.60. The molecule has 4 rings (SSSR count). The zero-order valence-electron chi connectivity index (χ0n) is 18.0. The van der Waals surface area contributed by atoms with Gasteiger partial charge in [-0.15, -0.1) is 13.2 Å². The van der Waals surface area contributed by atoms with Crippen LogP contribution in [-0.2, 0) is 4.74 Å². The van der Waals surface area contributed by atoms with Crippen LogP contribution < -0.4 is 15.8 Å². The van der Waals surface area contributed by atoms with Gasteiger partial charge in [-0.1, -0.05) is 60.4 Å². The van der Waals surface area contributed by atoms with Gasteiger partial charge in [-0.05, 0) is 40.5 Å².